The monoisotopic (exact) mass is 399 g/mol. The highest BCUT2D eigenvalue weighted by Gasteiger charge is 2.12. The molecule has 0 heterocycles. The van der Waals surface area contributed by atoms with Gasteiger partial charge in [0.15, 0.2) is 5.11 Å². The highest BCUT2D eigenvalue weighted by Crippen LogP contribution is 2.28. The molecule has 0 saturated heterocycles. The van der Waals surface area contributed by atoms with Crippen LogP contribution in [0, 0.1) is 6.92 Å². The van der Waals surface area contributed by atoms with Gasteiger partial charge in [-0.2, -0.15) is 0 Å². The lowest BCUT2D eigenvalue weighted by Gasteiger charge is -2.14. The number of unbranched alkanes of at least 4 members (excludes halogenated alkanes) is 1. The number of nitrogens with one attached hydrogen (secondary N) is 3. The van der Waals surface area contributed by atoms with Crippen molar-refractivity contribution in [2.24, 2.45) is 0 Å². The molecule has 2 rings (SSSR count). The maximum absolute atomic E-state index is 12.3. The molecule has 6 nitrogen and oxygen atoms in total. The summed E-state index contributed by atoms with van der Waals surface area (Å²) < 4.78 is 5.35. The summed E-state index contributed by atoms with van der Waals surface area (Å²) in [5.74, 6) is 0.173. The molecule has 7 heteroatoms. The van der Waals surface area contributed by atoms with Crippen LogP contribution in [0.25, 0.3) is 0 Å². The van der Waals surface area contributed by atoms with Gasteiger partial charge >= 0.3 is 0 Å². The number of carbonyl (C=O) groups excluding carboxylic acids is 2. The number of rotatable bonds is 7. The van der Waals surface area contributed by atoms with Gasteiger partial charge in [-0.25, -0.2) is 0 Å². The second kappa shape index (κ2) is 10.4. The SMILES string of the molecule is CCCCC(=O)Nc1ccc(NC(=S)NC(=O)c2ccccc2C)cc1OC. The zero-order valence-electron chi connectivity index (χ0n) is 16.3. The molecular formula is C21H25N3O3S. The normalized spacial score (nSPS) is 10.1. The van der Waals surface area contributed by atoms with E-state index >= 15 is 0 Å². The third kappa shape index (κ3) is 6.06. The molecule has 0 atom stereocenters. The summed E-state index contributed by atoms with van der Waals surface area (Å²) in [5.41, 5.74) is 2.66. The van der Waals surface area contributed by atoms with Crippen LogP contribution in [0.5, 0.6) is 5.75 Å². The molecule has 0 aliphatic carbocycles. The first kappa shape index (κ1) is 21.4. The van der Waals surface area contributed by atoms with Crippen LogP contribution in [0.1, 0.15) is 42.1 Å². The smallest absolute Gasteiger partial charge is 0.257 e. The number of carbonyl (C=O) groups is 2. The molecule has 0 unspecified atom stereocenters. The van der Waals surface area contributed by atoms with E-state index in [1.54, 1.807) is 30.3 Å². The van der Waals surface area contributed by atoms with Gasteiger partial charge in [0.1, 0.15) is 5.75 Å². The number of anilines is 2. The Morgan fingerprint density at radius 1 is 1.11 bits per heavy atom. The Hall–Kier alpha value is -2.93. The van der Waals surface area contributed by atoms with Crippen molar-refractivity contribution >= 4 is 40.5 Å². The Morgan fingerprint density at radius 3 is 2.54 bits per heavy atom. The van der Waals surface area contributed by atoms with E-state index in [4.69, 9.17) is 17.0 Å². The molecule has 0 saturated carbocycles. The summed E-state index contributed by atoms with van der Waals surface area (Å²) in [4.78, 5) is 24.3. The standard InChI is InChI=1S/C21H25N3O3S/c1-4-5-10-19(25)23-17-12-11-15(13-18(17)27-3)22-21(28)24-20(26)16-9-7-6-8-14(16)2/h6-9,11-13H,4-5,10H2,1-3H3,(H,23,25)(H2,22,24,26,28). The van der Waals surface area contributed by atoms with Crippen LogP contribution >= 0.6 is 12.2 Å². The van der Waals surface area contributed by atoms with Crippen molar-refractivity contribution in [3.8, 4) is 5.75 Å². The number of hydrogen-bond acceptors (Lipinski definition) is 4. The van der Waals surface area contributed by atoms with E-state index in [0.29, 0.717) is 29.1 Å². The van der Waals surface area contributed by atoms with Gasteiger partial charge in [0.25, 0.3) is 5.91 Å². The maximum Gasteiger partial charge on any atom is 0.257 e. The Balaban J connectivity index is 2.01. The van der Waals surface area contributed by atoms with Crippen LogP contribution in [0.15, 0.2) is 42.5 Å². The van der Waals surface area contributed by atoms with Crippen molar-refractivity contribution in [2.75, 3.05) is 17.7 Å². The second-order valence-corrected chi connectivity index (χ2v) is 6.70. The minimum atomic E-state index is -0.276. The van der Waals surface area contributed by atoms with E-state index in [1.807, 2.05) is 26.0 Å². The van der Waals surface area contributed by atoms with E-state index in [1.165, 1.54) is 7.11 Å². The summed E-state index contributed by atoms with van der Waals surface area (Å²) in [7, 11) is 1.53. The minimum absolute atomic E-state index is 0.0538. The van der Waals surface area contributed by atoms with Crippen LogP contribution in [0.4, 0.5) is 11.4 Å². The lowest BCUT2D eigenvalue weighted by Crippen LogP contribution is -2.34. The van der Waals surface area contributed by atoms with E-state index < -0.39 is 0 Å². The first-order valence-electron chi connectivity index (χ1n) is 9.10. The maximum atomic E-state index is 12.3. The predicted octanol–water partition coefficient (Wildman–Crippen LogP) is 4.26. The Bertz CT molecular complexity index is 868. The van der Waals surface area contributed by atoms with E-state index in [0.717, 1.165) is 18.4 Å². The van der Waals surface area contributed by atoms with E-state index in [2.05, 4.69) is 16.0 Å². The zero-order chi connectivity index (χ0) is 20.5. The molecule has 2 aromatic rings. The van der Waals surface area contributed by atoms with Gasteiger partial charge in [-0.3, -0.25) is 14.9 Å². The Morgan fingerprint density at radius 2 is 1.86 bits per heavy atom. The van der Waals surface area contributed by atoms with Crippen LogP contribution in [0.2, 0.25) is 0 Å². The Labute approximate surface area is 170 Å². The first-order chi connectivity index (χ1) is 13.4. The average molecular weight is 400 g/mol. The topological polar surface area (TPSA) is 79.5 Å². The number of aryl methyl sites for hydroxylation is 1. The van der Waals surface area contributed by atoms with Crippen LogP contribution in [-0.4, -0.2) is 24.0 Å². The molecule has 0 radical (unpaired) electrons. The van der Waals surface area contributed by atoms with E-state index in [9.17, 15) is 9.59 Å². The predicted molar refractivity (Wildman–Crippen MR) is 116 cm³/mol. The summed E-state index contributed by atoms with van der Waals surface area (Å²) in [6, 6.07) is 12.5. The lowest BCUT2D eigenvalue weighted by molar-refractivity contribution is -0.116. The molecule has 0 bridgehead atoms. The van der Waals surface area contributed by atoms with Gasteiger partial charge in [-0.05, 0) is 49.3 Å². The third-order valence-electron chi connectivity index (χ3n) is 4.11. The minimum Gasteiger partial charge on any atom is -0.494 e. The van der Waals surface area contributed by atoms with Crippen molar-refractivity contribution in [1.29, 1.82) is 0 Å². The number of methoxy groups -OCH3 is 1. The van der Waals surface area contributed by atoms with Crippen molar-refractivity contribution in [3.63, 3.8) is 0 Å². The van der Waals surface area contributed by atoms with Crippen molar-refractivity contribution < 1.29 is 14.3 Å². The molecule has 0 aliphatic heterocycles. The van der Waals surface area contributed by atoms with Crippen LogP contribution < -0.4 is 20.7 Å². The number of thiocarbonyl (C=S) groups is 1. The largest absolute Gasteiger partial charge is 0.494 e. The lowest BCUT2D eigenvalue weighted by atomic mass is 10.1. The number of hydrogen-bond donors (Lipinski definition) is 3. The van der Waals surface area contributed by atoms with Gasteiger partial charge in [0.2, 0.25) is 5.91 Å². The summed E-state index contributed by atoms with van der Waals surface area (Å²) >= 11 is 5.23. The van der Waals surface area contributed by atoms with Gasteiger partial charge < -0.3 is 15.4 Å². The van der Waals surface area contributed by atoms with Crippen molar-refractivity contribution in [1.82, 2.24) is 5.32 Å². The highest BCUT2D eigenvalue weighted by atomic mass is 32.1. The number of ether oxygens (including phenoxy) is 1. The fourth-order valence-corrected chi connectivity index (χ4v) is 2.79. The molecule has 0 aliphatic rings. The van der Waals surface area contributed by atoms with Crippen LogP contribution in [-0.2, 0) is 4.79 Å². The van der Waals surface area contributed by atoms with Crippen molar-refractivity contribution in [2.45, 2.75) is 33.1 Å². The molecule has 2 aromatic carbocycles. The molecule has 0 spiro atoms. The van der Waals surface area contributed by atoms with Gasteiger partial charge in [-0.15, -0.1) is 0 Å². The molecule has 2 amide bonds. The molecule has 148 valence electrons. The second-order valence-electron chi connectivity index (χ2n) is 6.29. The molecule has 3 N–H and O–H groups in total. The van der Waals surface area contributed by atoms with Gasteiger partial charge in [0, 0.05) is 23.7 Å². The summed E-state index contributed by atoms with van der Waals surface area (Å²) in [5, 5.41) is 8.64. The van der Waals surface area contributed by atoms with Crippen LogP contribution in [0.3, 0.4) is 0 Å². The number of amides is 2. The van der Waals surface area contributed by atoms with E-state index in [-0.39, 0.29) is 16.9 Å². The molecule has 28 heavy (non-hydrogen) atoms. The van der Waals surface area contributed by atoms with Gasteiger partial charge in [-0.1, -0.05) is 31.5 Å². The average Bonchev–Trinajstić information content (AvgIpc) is 2.67. The molecular weight excluding hydrogens is 374 g/mol. The van der Waals surface area contributed by atoms with Gasteiger partial charge in [0.05, 0.1) is 12.8 Å². The fourth-order valence-electron chi connectivity index (χ4n) is 2.58. The Kier molecular flexibility index (Phi) is 7.95. The number of benzene rings is 2. The molecule has 0 aromatic heterocycles. The fraction of sp³-hybridized carbons (Fsp3) is 0.286. The third-order valence-corrected chi connectivity index (χ3v) is 4.31. The highest BCUT2D eigenvalue weighted by molar-refractivity contribution is 7.80. The summed E-state index contributed by atoms with van der Waals surface area (Å²) in [6.45, 7) is 3.90. The summed E-state index contributed by atoms with van der Waals surface area (Å²) in [6.07, 6.45) is 2.26. The molecule has 0 fully saturated rings. The first-order valence-corrected chi connectivity index (χ1v) is 9.51. The zero-order valence-corrected chi connectivity index (χ0v) is 17.1. The quantitative estimate of drug-likeness (QED) is 0.606. The van der Waals surface area contributed by atoms with Crippen molar-refractivity contribution in [3.05, 3.63) is 53.6 Å².